The zero-order valence-corrected chi connectivity index (χ0v) is 14.2. The number of rotatable bonds is 3. The van der Waals surface area contributed by atoms with Gasteiger partial charge in [0.05, 0.1) is 5.52 Å². The Morgan fingerprint density at radius 2 is 1.67 bits per heavy atom. The van der Waals surface area contributed by atoms with E-state index in [0.29, 0.717) is 16.6 Å². The minimum absolute atomic E-state index is 0.0905. The third kappa shape index (κ3) is 2.93. The molecule has 0 saturated carbocycles. The maximum absolute atomic E-state index is 12.7. The van der Waals surface area contributed by atoms with Gasteiger partial charge in [-0.1, -0.05) is 6.07 Å². The van der Waals surface area contributed by atoms with E-state index in [1.54, 1.807) is 35.2 Å². The lowest BCUT2D eigenvalue weighted by Crippen LogP contribution is -2.23. The summed E-state index contributed by atoms with van der Waals surface area (Å²) in [6, 6.07) is 15.6. The predicted octanol–water partition coefficient (Wildman–Crippen LogP) is 2.86. The minimum atomic E-state index is -0.785. The van der Waals surface area contributed by atoms with Crippen molar-refractivity contribution in [3.05, 3.63) is 89.0 Å². The summed E-state index contributed by atoms with van der Waals surface area (Å²) < 4.78 is 1.72. The van der Waals surface area contributed by atoms with Gasteiger partial charge in [-0.05, 0) is 59.7 Å². The largest absolute Gasteiger partial charge is 0.508 e. The van der Waals surface area contributed by atoms with E-state index in [9.17, 15) is 14.7 Å². The number of nitrogens with zero attached hydrogens (tertiary/aromatic N) is 2. The summed E-state index contributed by atoms with van der Waals surface area (Å²) in [6.45, 7) is 0. The topological polar surface area (TPSA) is 98.2 Å². The molecule has 0 aliphatic rings. The summed E-state index contributed by atoms with van der Waals surface area (Å²) in [5.74, 6) is -0.663. The SMILES string of the molecule is NC(=O)c1cn(-c2ccc(O)cc2)c2cc(-c3ccncc3)ccc2c1=O. The lowest BCUT2D eigenvalue weighted by molar-refractivity contribution is 0.0999. The number of phenolic OH excluding ortho intramolecular Hbond substituents is 1. The molecule has 2 aromatic heterocycles. The summed E-state index contributed by atoms with van der Waals surface area (Å²) in [5, 5.41) is 9.94. The third-order valence-electron chi connectivity index (χ3n) is 4.41. The van der Waals surface area contributed by atoms with Gasteiger partial charge in [0.25, 0.3) is 5.91 Å². The summed E-state index contributed by atoms with van der Waals surface area (Å²) in [4.78, 5) is 28.5. The Bertz CT molecular complexity index is 1210. The highest BCUT2D eigenvalue weighted by molar-refractivity contribution is 5.97. The van der Waals surface area contributed by atoms with E-state index in [-0.39, 0.29) is 11.3 Å². The van der Waals surface area contributed by atoms with Crippen molar-refractivity contribution in [2.24, 2.45) is 5.73 Å². The first-order valence-electron chi connectivity index (χ1n) is 8.23. The highest BCUT2D eigenvalue weighted by Crippen LogP contribution is 2.25. The van der Waals surface area contributed by atoms with Crippen molar-refractivity contribution in [3.8, 4) is 22.6 Å². The van der Waals surface area contributed by atoms with Gasteiger partial charge in [-0.25, -0.2) is 0 Å². The zero-order chi connectivity index (χ0) is 19.0. The zero-order valence-electron chi connectivity index (χ0n) is 14.2. The lowest BCUT2D eigenvalue weighted by Gasteiger charge is -2.14. The molecule has 0 aliphatic carbocycles. The highest BCUT2D eigenvalue weighted by atomic mass is 16.3. The molecule has 6 heteroatoms. The molecule has 3 N–H and O–H groups in total. The quantitative estimate of drug-likeness (QED) is 0.589. The van der Waals surface area contributed by atoms with E-state index in [1.165, 1.54) is 18.3 Å². The molecule has 4 rings (SSSR count). The molecule has 0 aliphatic heterocycles. The fourth-order valence-corrected chi connectivity index (χ4v) is 3.05. The number of carbonyl (C=O) groups excluding carboxylic acids is 1. The molecule has 1 amide bonds. The molecule has 0 bridgehead atoms. The maximum atomic E-state index is 12.7. The first kappa shape index (κ1) is 16.5. The van der Waals surface area contributed by atoms with Crippen molar-refractivity contribution in [1.29, 1.82) is 0 Å². The second-order valence-corrected chi connectivity index (χ2v) is 6.09. The highest BCUT2D eigenvalue weighted by Gasteiger charge is 2.15. The van der Waals surface area contributed by atoms with Crippen molar-refractivity contribution in [2.75, 3.05) is 0 Å². The number of fused-ring (bicyclic) bond motifs is 1. The average molecular weight is 357 g/mol. The number of aromatic nitrogens is 2. The number of primary amides is 1. The molecule has 0 spiro atoms. The fraction of sp³-hybridized carbons (Fsp3) is 0. The van der Waals surface area contributed by atoms with E-state index in [1.807, 2.05) is 24.3 Å². The van der Waals surface area contributed by atoms with Gasteiger partial charge in [0.2, 0.25) is 5.43 Å². The molecule has 2 aromatic carbocycles. The minimum Gasteiger partial charge on any atom is -0.508 e. The van der Waals surface area contributed by atoms with Crippen LogP contribution in [-0.2, 0) is 0 Å². The molecule has 0 radical (unpaired) electrons. The van der Waals surface area contributed by atoms with Crippen LogP contribution in [0.1, 0.15) is 10.4 Å². The number of aromatic hydroxyl groups is 1. The normalized spacial score (nSPS) is 10.8. The Balaban J connectivity index is 2.06. The molecular weight excluding hydrogens is 342 g/mol. The predicted molar refractivity (Wildman–Crippen MR) is 103 cm³/mol. The van der Waals surface area contributed by atoms with Crippen LogP contribution in [-0.4, -0.2) is 20.6 Å². The smallest absolute Gasteiger partial charge is 0.254 e. The number of carbonyl (C=O) groups is 1. The van der Waals surface area contributed by atoms with Crippen LogP contribution in [0.3, 0.4) is 0 Å². The van der Waals surface area contributed by atoms with Gasteiger partial charge >= 0.3 is 0 Å². The molecule has 6 nitrogen and oxygen atoms in total. The Hall–Kier alpha value is -3.93. The first-order valence-corrected chi connectivity index (χ1v) is 8.23. The summed E-state index contributed by atoms with van der Waals surface area (Å²) in [6.07, 6.45) is 4.83. The van der Waals surface area contributed by atoms with Crippen LogP contribution in [0.4, 0.5) is 0 Å². The van der Waals surface area contributed by atoms with Crippen molar-refractivity contribution in [1.82, 2.24) is 9.55 Å². The molecule has 0 saturated heterocycles. The van der Waals surface area contributed by atoms with Gasteiger partial charge in [-0.3, -0.25) is 14.6 Å². The monoisotopic (exact) mass is 357 g/mol. The molecule has 132 valence electrons. The number of pyridine rings is 2. The van der Waals surface area contributed by atoms with Gasteiger partial charge in [-0.2, -0.15) is 0 Å². The van der Waals surface area contributed by atoms with Crippen molar-refractivity contribution in [2.45, 2.75) is 0 Å². The van der Waals surface area contributed by atoms with Crippen LogP contribution < -0.4 is 11.2 Å². The van der Waals surface area contributed by atoms with Crippen LogP contribution in [0.5, 0.6) is 5.75 Å². The lowest BCUT2D eigenvalue weighted by atomic mass is 10.0. The second kappa shape index (κ2) is 6.42. The van der Waals surface area contributed by atoms with Crippen LogP contribution in [0.15, 0.2) is 78.0 Å². The molecule has 0 atom stereocenters. The molecule has 0 fully saturated rings. The summed E-state index contributed by atoms with van der Waals surface area (Å²) in [5.41, 5.74) is 8.08. The first-order chi connectivity index (χ1) is 13.0. The van der Waals surface area contributed by atoms with Crippen molar-refractivity contribution in [3.63, 3.8) is 0 Å². The van der Waals surface area contributed by atoms with Gasteiger partial charge < -0.3 is 15.4 Å². The van der Waals surface area contributed by atoms with E-state index in [0.717, 1.165) is 11.1 Å². The average Bonchev–Trinajstić information content (AvgIpc) is 2.69. The van der Waals surface area contributed by atoms with Gasteiger partial charge in [0.15, 0.2) is 0 Å². The Morgan fingerprint density at radius 1 is 0.963 bits per heavy atom. The van der Waals surface area contributed by atoms with Crippen LogP contribution in [0.25, 0.3) is 27.7 Å². The maximum Gasteiger partial charge on any atom is 0.254 e. The third-order valence-corrected chi connectivity index (χ3v) is 4.41. The van der Waals surface area contributed by atoms with Crippen molar-refractivity contribution < 1.29 is 9.90 Å². The molecule has 4 aromatic rings. The van der Waals surface area contributed by atoms with Crippen LogP contribution >= 0.6 is 0 Å². The summed E-state index contributed by atoms with van der Waals surface area (Å²) >= 11 is 0. The van der Waals surface area contributed by atoms with Gasteiger partial charge in [-0.15, -0.1) is 0 Å². The number of amides is 1. The van der Waals surface area contributed by atoms with E-state index in [2.05, 4.69) is 4.98 Å². The van der Waals surface area contributed by atoms with E-state index in [4.69, 9.17) is 5.73 Å². The number of hydrogen-bond acceptors (Lipinski definition) is 4. The molecule has 27 heavy (non-hydrogen) atoms. The molecule has 2 heterocycles. The van der Waals surface area contributed by atoms with Gasteiger partial charge in [0, 0.05) is 29.7 Å². The van der Waals surface area contributed by atoms with Gasteiger partial charge in [0.1, 0.15) is 11.3 Å². The van der Waals surface area contributed by atoms with E-state index >= 15 is 0 Å². The Labute approximate surface area is 154 Å². The molecular formula is C21H15N3O3. The Morgan fingerprint density at radius 3 is 2.33 bits per heavy atom. The Kier molecular flexibility index (Phi) is 3.93. The number of nitrogens with two attached hydrogens (primary N) is 1. The van der Waals surface area contributed by atoms with E-state index < -0.39 is 11.3 Å². The summed E-state index contributed by atoms with van der Waals surface area (Å²) in [7, 11) is 0. The number of phenols is 1. The van der Waals surface area contributed by atoms with Crippen LogP contribution in [0.2, 0.25) is 0 Å². The second-order valence-electron chi connectivity index (χ2n) is 6.09. The molecule has 0 unspecified atom stereocenters. The fourth-order valence-electron chi connectivity index (χ4n) is 3.05. The standard InChI is InChI=1S/C21H15N3O3/c22-21(27)18-12-24(15-2-4-16(25)5-3-15)19-11-14(1-6-17(19)20(18)26)13-7-9-23-10-8-13/h1-12,25H,(H2,22,27). The number of benzene rings is 2. The number of hydrogen-bond donors (Lipinski definition) is 2. The van der Waals surface area contributed by atoms with Crippen LogP contribution in [0, 0.1) is 0 Å². The van der Waals surface area contributed by atoms with Crippen molar-refractivity contribution >= 4 is 16.8 Å².